The highest BCUT2D eigenvalue weighted by molar-refractivity contribution is 7.93. The van der Waals surface area contributed by atoms with E-state index in [0.717, 1.165) is 0 Å². The number of aromatic hydroxyl groups is 2. The second kappa shape index (κ2) is 6.02. The predicted molar refractivity (Wildman–Crippen MR) is 102 cm³/mol. The smallest absolute Gasteiger partial charge is 0.235 e. The number of aryl methyl sites for hydroxylation is 1. The Hall–Kier alpha value is -3.00. The van der Waals surface area contributed by atoms with Crippen LogP contribution >= 0.6 is 0 Å². The zero-order chi connectivity index (χ0) is 19.3. The van der Waals surface area contributed by atoms with Gasteiger partial charge >= 0.3 is 0 Å². The molecule has 4 rings (SSSR count). The second-order valence-electron chi connectivity index (χ2n) is 6.56. The molecule has 0 spiro atoms. The molecular weight excluding hydrogens is 370 g/mol. The summed E-state index contributed by atoms with van der Waals surface area (Å²) in [5.74, 6) is -0.570. The van der Waals surface area contributed by atoms with Crippen LogP contribution in [0.5, 0.6) is 11.5 Å². The second-order valence-corrected chi connectivity index (χ2v) is 8.57. The van der Waals surface area contributed by atoms with Crippen LogP contribution in [0.15, 0.2) is 45.6 Å². The van der Waals surface area contributed by atoms with E-state index in [1.807, 2.05) is 0 Å². The quantitative estimate of drug-likeness (QED) is 0.700. The van der Waals surface area contributed by atoms with Crippen LogP contribution in [0.2, 0.25) is 0 Å². The number of sulfonamides is 1. The summed E-state index contributed by atoms with van der Waals surface area (Å²) in [6, 6.07) is 9.03. The number of hydrogen-bond donors (Lipinski definition) is 2. The van der Waals surface area contributed by atoms with Crippen LogP contribution in [-0.2, 0) is 10.0 Å². The van der Waals surface area contributed by atoms with Crippen molar-refractivity contribution in [2.24, 2.45) is 0 Å². The summed E-state index contributed by atoms with van der Waals surface area (Å²) in [6.45, 7) is 2.05. The molecule has 1 saturated heterocycles. The average molecular weight is 387 g/mol. The van der Waals surface area contributed by atoms with Crippen LogP contribution in [0.4, 0.5) is 5.69 Å². The van der Waals surface area contributed by atoms with Crippen LogP contribution in [0.3, 0.4) is 0 Å². The topological polar surface area (TPSA) is 108 Å². The summed E-state index contributed by atoms with van der Waals surface area (Å²) in [4.78, 5) is 12.7. The van der Waals surface area contributed by atoms with E-state index >= 15 is 0 Å². The van der Waals surface area contributed by atoms with E-state index in [1.165, 1.54) is 28.6 Å². The Morgan fingerprint density at radius 1 is 1.11 bits per heavy atom. The predicted octanol–water partition coefficient (Wildman–Crippen LogP) is 2.72. The van der Waals surface area contributed by atoms with Crippen LogP contribution in [0.1, 0.15) is 12.0 Å². The number of anilines is 1. The fourth-order valence-electron chi connectivity index (χ4n) is 3.31. The maximum atomic E-state index is 12.7. The van der Waals surface area contributed by atoms with E-state index in [0.29, 0.717) is 29.8 Å². The molecule has 0 amide bonds. The third-order valence-corrected chi connectivity index (χ3v) is 6.45. The molecule has 1 aromatic heterocycles. The first-order valence-electron chi connectivity index (χ1n) is 8.38. The molecule has 8 heteroatoms. The highest BCUT2D eigenvalue weighted by Crippen LogP contribution is 2.37. The van der Waals surface area contributed by atoms with Crippen molar-refractivity contribution in [2.75, 3.05) is 16.6 Å². The van der Waals surface area contributed by atoms with Gasteiger partial charge in [-0.1, -0.05) is 0 Å². The Morgan fingerprint density at radius 3 is 2.44 bits per heavy atom. The lowest BCUT2D eigenvalue weighted by atomic mass is 10.1. The number of rotatable bonds is 2. The summed E-state index contributed by atoms with van der Waals surface area (Å²) >= 11 is 0. The largest absolute Gasteiger partial charge is 0.508 e. The number of fused-ring (bicyclic) bond motifs is 1. The monoisotopic (exact) mass is 387 g/mol. The van der Waals surface area contributed by atoms with Crippen LogP contribution < -0.4 is 9.73 Å². The van der Waals surface area contributed by atoms with E-state index < -0.39 is 21.2 Å². The Labute approximate surface area is 155 Å². The number of hydrogen-bond acceptors (Lipinski definition) is 6. The van der Waals surface area contributed by atoms with Crippen molar-refractivity contribution in [1.82, 2.24) is 0 Å². The minimum Gasteiger partial charge on any atom is -0.508 e. The number of phenolic OH excluding ortho intramolecular Hbond substituents is 1. The van der Waals surface area contributed by atoms with Crippen molar-refractivity contribution in [3.8, 4) is 22.8 Å². The maximum absolute atomic E-state index is 12.7. The van der Waals surface area contributed by atoms with E-state index in [2.05, 4.69) is 0 Å². The molecule has 0 saturated carbocycles. The summed E-state index contributed by atoms with van der Waals surface area (Å²) < 4.78 is 31.9. The highest BCUT2D eigenvalue weighted by Gasteiger charge is 2.31. The van der Waals surface area contributed by atoms with Gasteiger partial charge in [0, 0.05) is 12.1 Å². The molecule has 2 heterocycles. The van der Waals surface area contributed by atoms with Gasteiger partial charge in [-0.15, -0.1) is 0 Å². The van der Waals surface area contributed by atoms with Gasteiger partial charge in [-0.2, -0.15) is 0 Å². The third kappa shape index (κ3) is 2.82. The van der Waals surface area contributed by atoms with E-state index in [-0.39, 0.29) is 28.2 Å². The van der Waals surface area contributed by atoms with E-state index in [1.54, 1.807) is 19.1 Å². The van der Waals surface area contributed by atoms with Gasteiger partial charge in [-0.25, -0.2) is 8.42 Å². The Bertz CT molecular complexity index is 1210. The molecule has 0 atom stereocenters. The van der Waals surface area contributed by atoms with Gasteiger partial charge in [0.05, 0.1) is 16.8 Å². The zero-order valence-corrected chi connectivity index (χ0v) is 15.3. The summed E-state index contributed by atoms with van der Waals surface area (Å²) in [6.07, 6.45) is 0.491. The molecule has 27 heavy (non-hydrogen) atoms. The molecule has 1 aliphatic heterocycles. The lowest BCUT2D eigenvalue weighted by molar-refractivity contribution is 0.449. The van der Waals surface area contributed by atoms with E-state index in [9.17, 15) is 23.4 Å². The van der Waals surface area contributed by atoms with Crippen molar-refractivity contribution in [3.63, 3.8) is 0 Å². The summed E-state index contributed by atoms with van der Waals surface area (Å²) in [5.41, 5.74) is 0.834. The van der Waals surface area contributed by atoms with Crippen molar-refractivity contribution in [2.45, 2.75) is 13.3 Å². The molecular formula is C19H17NO6S. The van der Waals surface area contributed by atoms with Gasteiger partial charge in [0.1, 0.15) is 5.75 Å². The van der Waals surface area contributed by atoms with Crippen molar-refractivity contribution < 1.29 is 23.0 Å². The standard InChI is InChI=1S/C19H17NO6S/c1-11-9-14-16(22)17(23)18(12-3-5-13(21)6-4-12)26-19(14)15(10-11)20-7-2-8-27(20,24)25/h3-6,9-10,21,23H,2,7-8H2,1H3. The zero-order valence-electron chi connectivity index (χ0n) is 14.5. The molecule has 1 aliphatic rings. The van der Waals surface area contributed by atoms with Crippen molar-refractivity contribution in [1.29, 1.82) is 0 Å². The number of benzene rings is 2. The van der Waals surface area contributed by atoms with Gasteiger partial charge in [0.2, 0.25) is 21.2 Å². The lowest BCUT2D eigenvalue weighted by Gasteiger charge is -2.19. The summed E-state index contributed by atoms with van der Waals surface area (Å²) in [5, 5.41) is 19.9. The molecule has 2 N–H and O–H groups in total. The fourth-order valence-corrected chi connectivity index (χ4v) is 4.87. The molecule has 0 bridgehead atoms. The van der Waals surface area contributed by atoms with E-state index in [4.69, 9.17) is 4.42 Å². The maximum Gasteiger partial charge on any atom is 0.235 e. The Kier molecular flexibility index (Phi) is 3.88. The van der Waals surface area contributed by atoms with Crippen molar-refractivity contribution >= 4 is 26.7 Å². The average Bonchev–Trinajstić information content (AvgIpc) is 2.98. The molecule has 3 aromatic rings. The van der Waals surface area contributed by atoms with Crippen LogP contribution in [0.25, 0.3) is 22.3 Å². The van der Waals surface area contributed by atoms with Gasteiger partial charge in [0.25, 0.3) is 0 Å². The molecule has 0 unspecified atom stereocenters. The highest BCUT2D eigenvalue weighted by atomic mass is 32.2. The van der Waals surface area contributed by atoms with Gasteiger partial charge < -0.3 is 14.6 Å². The Balaban J connectivity index is 2.05. The van der Waals surface area contributed by atoms with Crippen LogP contribution in [-0.4, -0.2) is 30.9 Å². The molecule has 2 aromatic carbocycles. The van der Waals surface area contributed by atoms with Gasteiger partial charge in [0.15, 0.2) is 11.3 Å². The van der Waals surface area contributed by atoms with Gasteiger partial charge in [-0.3, -0.25) is 9.10 Å². The first kappa shape index (κ1) is 17.4. The summed E-state index contributed by atoms with van der Waals surface area (Å²) in [7, 11) is -3.48. The fraction of sp³-hybridized carbons (Fsp3) is 0.211. The Morgan fingerprint density at radius 2 is 1.81 bits per heavy atom. The lowest BCUT2D eigenvalue weighted by Crippen LogP contribution is -2.25. The normalized spacial score (nSPS) is 16.1. The third-order valence-electron chi connectivity index (χ3n) is 4.59. The SMILES string of the molecule is Cc1cc(N2CCCS2(=O)=O)c2oc(-c3ccc(O)cc3)c(O)c(=O)c2c1. The first-order chi connectivity index (χ1) is 12.8. The first-order valence-corrected chi connectivity index (χ1v) is 9.99. The molecule has 140 valence electrons. The van der Waals surface area contributed by atoms with Gasteiger partial charge in [-0.05, 0) is 55.3 Å². The molecule has 0 aliphatic carbocycles. The number of phenols is 1. The minimum absolute atomic E-state index is 0.0286. The minimum atomic E-state index is -3.48. The molecule has 1 fully saturated rings. The number of nitrogens with zero attached hydrogens (tertiary/aromatic N) is 1. The van der Waals surface area contributed by atoms with Crippen LogP contribution in [0, 0.1) is 6.92 Å². The molecule has 0 radical (unpaired) electrons. The molecule has 7 nitrogen and oxygen atoms in total. The van der Waals surface area contributed by atoms with Crippen molar-refractivity contribution in [3.05, 3.63) is 52.2 Å².